The van der Waals surface area contributed by atoms with E-state index in [0.29, 0.717) is 5.56 Å². The van der Waals surface area contributed by atoms with Gasteiger partial charge in [0.1, 0.15) is 5.75 Å². The number of H-pyrrole nitrogens is 1. The molecule has 3 aromatic rings. The van der Waals surface area contributed by atoms with Crippen molar-refractivity contribution < 1.29 is 19.4 Å². The fourth-order valence-corrected chi connectivity index (χ4v) is 6.10. The van der Waals surface area contributed by atoms with Crippen molar-refractivity contribution in [2.24, 2.45) is 5.41 Å². The molecule has 2 N–H and O–H groups in total. The zero-order valence-corrected chi connectivity index (χ0v) is 20.6. The minimum atomic E-state index is -0.916. The number of methoxy groups -OCH3 is 1. The Morgan fingerprint density at radius 2 is 1.91 bits per heavy atom. The third kappa shape index (κ3) is 4.29. The standard InChI is InChI=1S/C28H33N3O4/c1-18-14-25(35-3)23(22-8-11-29-26(18)22)16-30-12-9-28(10-13-31(17-28)19(2)32)15-24(30)20-4-6-21(7-5-20)27(33)34/h4-8,11,14,24,29H,9-10,12-13,15-17H2,1-3H3,(H,33,34)/t24-,28?/m0/s1. The number of nitrogens with zero attached hydrogens (tertiary/aromatic N) is 2. The summed E-state index contributed by atoms with van der Waals surface area (Å²) in [4.78, 5) is 31.3. The van der Waals surface area contributed by atoms with E-state index in [4.69, 9.17) is 4.74 Å². The van der Waals surface area contributed by atoms with E-state index in [1.807, 2.05) is 23.2 Å². The lowest BCUT2D eigenvalue weighted by Crippen LogP contribution is -2.43. The largest absolute Gasteiger partial charge is 0.496 e. The summed E-state index contributed by atoms with van der Waals surface area (Å²) in [5, 5.41) is 10.5. The van der Waals surface area contributed by atoms with Crippen LogP contribution in [0.4, 0.5) is 0 Å². The third-order valence-corrected chi connectivity index (χ3v) is 8.12. The van der Waals surface area contributed by atoms with E-state index < -0.39 is 5.97 Å². The van der Waals surface area contributed by atoms with E-state index >= 15 is 0 Å². The van der Waals surface area contributed by atoms with Crippen LogP contribution in [-0.2, 0) is 11.3 Å². The van der Waals surface area contributed by atoms with Crippen LogP contribution in [-0.4, -0.2) is 58.5 Å². The van der Waals surface area contributed by atoms with Crippen LogP contribution in [0.15, 0.2) is 42.6 Å². The molecule has 7 nitrogen and oxygen atoms in total. The highest BCUT2D eigenvalue weighted by molar-refractivity contribution is 5.88. The second-order valence-corrected chi connectivity index (χ2v) is 10.2. The molecule has 2 aliphatic rings. The quantitative estimate of drug-likeness (QED) is 0.556. The highest BCUT2D eigenvalue weighted by Gasteiger charge is 2.45. The van der Waals surface area contributed by atoms with Gasteiger partial charge in [-0.1, -0.05) is 12.1 Å². The molecule has 0 saturated carbocycles. The van der Waals surface area contributed by atoms with Crippen LogP contribution in [0.1, 0.15) is 59.3 Å². The van der Waals surface area contributed by atoms with Crippen LogP contribution in [0.25, 0.3) is 10.9 Å². The lowest BCUT2D eigenvalue weighted by atomic mass is 9.73. The zero-order valence-electron chi connectivity index (χ0n) is 20.6. The highest BCUT2D eigenvalue weighted by Crippen LogP contribution is 2.48. The Morgan fingerprint density at radius 3 is 2.57 bits per heavy atom. The topological polar surface area (TPSA) is 85.9 Å². The number of amides is 1. The van der Waals surface area contributed by atoms with Crippen molar-refractivity contribution in [3.63, 3.8) is 0 Å². The van der Waals surface area contributed by atoms with Crippen molar-refractivity contribution in [2.45, 2.75) is 45.7 Å². The number of hydrogen-bond donors (Lipinski definition) is 2. The van der Waals surface area contributed by atoms with Crippen molar-refractivity contribution in [1.82, 2.24) is 14.8 Å². The maximum atomic E-state index is 12.1. The molecule has 2 saturated heterocycles. The molecule has 5 rings (SSSR count). The van der Waals surface area contributed by atoms with Crippen LogP contribution >= 0.6 is 0 Å². The summed E-state index contributed by atoms with van der Waals surface area (Å²) in [5.74, 6) is 0.116. The number of aromatic carboxylic acids is 1. The Kier molecular flexibility index (Phi) is 6.05. The van der Waals surface area contributed by atoms with Crippen molar-refractivity contribution in [1.29, 1.82) is 0 Å². The number of carbonyl (C=O) groups excluding carboxylic acids is 1. The van der Waals surface area contributed by atoms with Crippen molar-refractivity contribution in [3.8, 4) is 5.75 Å². The van der Waals surface area contributed by atoms with Crippen LogP contribution < -0.4 is 4.74 Å². The molecule has 0 bridgehead atoms. The minimum absolute atomic E-state index is 0.0963. The average Bonchev–Trinajstić information content (AvgIpc) is 3.50. The molecular formula is C28H33N3O4. The molecule has 2 fully saturated rings. The normalized spacial score (nSPS) is 22.7. The van der Waals surface area contributed by atoms with E-state index in [-0.39, 0.29) is 17.4 Å². The lowest BCUT2D eigenvalue weighted by molar-refractivity contribution is -0.128. The van der Waals surface area contributed by atoms with Crippen LogP contribution in [0.5, 0.6) is 5.75 Å². The number of rotatable bonds is 5. The van der Waals surface area contributed by atoms with Gasteiger partial charge >= 0.3 is 5.97 Å². The highest BCUT2D eigenvalue weighted by atomic mass is 16.5. The number of carbonyl (C=O) groups is 2. The van der Waals surface area contributed by atoms with Crippen LogP contribution in [0, 0.1) is 12.3 Å². The Bertz CT molecular complexity index is 1270. The molecule has 2 atom stereocenters. The van der Waals surface area contributed by atoms with Gasteiger partial charge in [0.05, 0.1) is 12.7 Å². The summed E-state index contributed by atoms with van der Waals surface area (Å²) in [5.41, 5.74) is 4.95. The van der Waals surface area contributed by atoms with Gasteiger partial charge in [0.2, 0.25) is 5.91 Å². The third-order valence-electron chi connectivity index (χ3n) is 8.12. The predicted molar refractivity (Wildman–Crippen MR) is 135 cm³/mol. The van der Waals surface area contributed by atoms with Crippen LogP contribution in [0.2, 0.25) is 0 Å². The summed E-state index contributed by atoms with van der Waals surface area (Å²) in [6.45, 7) is 6.99. The lowest BCUT2D eigenvalue weighted by Gasteiger charge is -2.45. The van der Waals surface area contributed by atoms with Crippen molar-refractivity contribution in [3.05, 3.63) is 64.8 Å². The van der Waals surface area contributed by atoms with Gasteiger partial charge in [0, 0.05) is 55.3 Å². The zero-order chi connectivity index (χ0) is 24.7. The molecule has 1 amide bonds. The van der Waals surface area contributed by atoms with Gasteiger partial charge in [-0.15, -0.1) is 0 Å². The molecule has 35 heavy (non-hydrogen) atoms. The Labute approximate surface area is 205 Å². The first-order chi connectivity index (χ1) is 16.8. The summed E-state index contributed by atoms with van der Waals surface area (Å²) < 4.78 is 5.81. The van der Waals surface area contributed by atoms with Gasteiger partial charge in [0.15, 0.2) is 0 Å². The number of carboxylic acids is 1. The number of likely N-dealkylation sites (tertiary alicyclic amines) is 2. The Balaban J connectivity index is 1.51. The molecule has 2 aliphatic heterocycles. The molecular weight excluding hydrogens is 442 g/mol. The number of benzene rings is 2. The molecule has 0 radical (unpaired) electrons. The number of aromatic amines is 1. The summed E-state index contributed by atoms with van der Waals surface area (Å²) in [6.07, 6.45) is 4.96. The summed E-state index contributed by atoms with van der Waals surface area (Å²) >= 11 is 0. The first-order valence-corrected chi connectivity index (χ1v) is 12.3. The van der Waals surface area contributed by atoms with E-state index in [0.717, 1.165) is 73.4 Å². The fourth-order valence-electron chi connectivity index (χ4n) is 6.10. The number of fused-ring (bicyclic) bond motifs is 1. The molecule has 2 aromatic carbocycles. The van der Waals surface area contributed by atoms with Crippen molar-refractivity contribution >= 4 is 22.8 Å². The molecule has 7 heteroatoms. The number of ether oxygens (including phenoxy) is 1. The number of aryl methyl sites for hydroxylation is 1. The smallest absolute Gasteiger partial charge is 0.335 e. The first-order valence-electron chi connectivity index (χ1n) is 12.3. The van der Waals surface area contributed by atoms with E-state index in [2.05, 4.69) is 28.9 Å². The molecule has 0 aliphatic carbocycles. The fraction of sp³-hybridized carbons (Fsp3) is 0.429. The molecule has 3 heterocycles. The van der Waals surface area contributed by atoms with E-state index in [1.165, 1.54) is 5.39 Å². The second kappa shape index (κ2) is 9.04. The second-order valence-electron chi connectivity index (χ2n) is 10.2. The number of aromatic nitrogens is 1. The number of piperidine rings is 1. The molecule has 1 aromatic heterocycles. The monoisotopic (exact) mass is 475 g/mol. The maximum Gasteiger partial charge on any atom is 0.335 e. The number of carboxylic acid groups (broad SMARTS) is 1. The molecule has 1 unspecified atom stereocenters. The van der Waals surface area contributed by atoms with Gasteiger partial charge in [-0.05, 0) is 73.5 Å². The van der Waals surface area contributed by atoms with E-state index in [1.54, 1.807) is 26.2 Å². The molecule has 1 spiro atoms. The SMILES string of the molecule is COc1cc(C)c2[nH]ccc2c1CN1CCC2(CCN(C(C)=O)C2)C[C@H]1c1ccc(C(=O)O)cc1. The van der Waals surface area contributed by atoms with Gasteiger partial charge in [-0.3, -0.25) is 9.69 Å². The predicted octanol–water partition coefficient (Wildman–Crippen LogP) is 4.76. The number of hydrogen-bond acceptors (Lipinski definition) is 4. The first kappa shape index (κ1) is 23.4. The maximum absolute atomic E-state index is 12.1. The summed E-state index contributed by atoms with van der Waals surface area (Å²) in [7, 11) is 1.72. The number of nitrogens with one attached hydrogen (secondary N) is 1. The Hall–Kier alpha value is -3.32. The van der Waals surface area contributed by atoms with Gasteiger partial charge in [-0.25, -0.2) is 4.79 Å². The van der Waals surface area contributed by atoms with Gasteiger partial charge < -0.3 is 19.7 Å². The van der Waals surface area contributed by atoms with Crippen molar-refractivity contribution in [2.75, 3.05) is 26.7 Å². The minimum Gasteiger partial charge on any atom is -0.496 e. The summed E-state index contributed by atoms with van der Waals surface area (Å²) in [6, 6.07) is 11.6. The van der Waals surface area contributed by atoms with Gasteiger partial charge in [-0.2, -0.15) is 0 Å². The average molecular weight is 476 g/mol. The molecule has 184 valence electrons. The van der Waals surface area contributed by atoms with E-state index in [9.17, 15) is 14.7 Å². The van der Waals surface area contributed by atoms with Gasteiger partial charge in [0.25, 0.3) is 0 Å². The van der Waals surface area contributed by atoms with Crippen LogP contribution in [0.3, 0.4) is 0 Å². The Morgan fingerprint density at radius 1 is 1.17 bits per heavy atom.